The van der Waals surface area contributed by atoms with Gasteiger partial charge in [-0.3, -0.25) is 0 Å². The number of rotatable bonds is 2. The van der Waals surface area contributed by atoms with Gasteiger partial charge in [0.25, 0.3) is 0 Å². The van der Waals surface area contributed by atoms with E-state index in [0.717, 1.165) is 11.1 Å². The van der Waals surface area contributed by atoms with Crippen molar-refractivity contribution >= 4 is 34.8 Å². The van der Waals surface area contributed by atoms with E-state index in [1.54, 1.807) is 0 Å². The van der Waals surface area contributed by atoms with Crippen LogP contribution in [0.2, 0.25) is 10.0 Å². The van der Waals surface area contributed by atoms with E-state index in [2.05, 4.69) is 6.92 Å². The number of alkyl halides is 1. The third-order valence-electron chi connectivity index (χ3n) is 3.03. The molecule has 0 N–H and O–H groups in total. The molecule has 0 saturated heterocycles. The lowest BCUT2D eigenvalue weighted by atomic mass is 10.00. The Morgan fingerprint density at radius 3 is 2.28 bits per heavy atom. The molecule has 2 aromatic rings. The van der Waals surface area contributed by atoms with Crippen LogP contribution in [0.4, 0.5) is 0 Å². The van der Waals surface area contributed by atoms with Crippen LogP contribution in [0, 0.1) is 13.8 Å². The molecule has 0 aromatic heterocycles. The second kappa shape index (κ2) is 5.52. The summed E-state index contributed by atoms with van der Waals surface area (Å²) < 4.78 is 0. The number of halogens is 3. The minimum Gasteiger partial charge on any atom is -0.113 e. The fraction of sp³-hybridized carbons (Fsp3) is 0.200. The van der Waals surface area contributed by atoms with Crippen LogP contribution in [0.25, 0.3) is 0 Å². The average Bonchev–Trinajstić information content (AvgIpc) is 2.33. The first-order valence-corrected chi connectivity index (χ1v) is 6.84. The SMILES string of the molecule is Cc1cc(Cl)c(C(Cl)c2cccc(Cl)c2)cc1C. The summed E-state index contributed by atoms with van der Waals surface area (Å²) in [5, 5.41) is 1.09. The van der Waals surface area contributed by atoms with Crippen molar-refractivity contribution in [2.45, 2.75) is 19.2 Å². The summed E-state index contributed by atoms with van der Waals surface area (Å²) in [4.78, 5) is 0. The topological polar surface area (TPSA) is 0 Å². The van der Waals surface area contributed by atoms with Crippen molar-refractivity contribution in [2.24, 2.45) is 0 Å². The summed E-state index contributed by atoms with van der Waals surface area (Å²) in [5.41, 5.74) is 4.22. The largest absolute Gasteiger partial charge is 0.113 e. The minimum atomic E-state index is -0.282. The first kappa shape index (κ1) is 13.7. The van der Waals surface area contributed by atoms with Crippen molar-refractivity contribution < 1.29 is 0 Å². The summed E-state index contributed by atoms with van der Waals surface area (Å²) in [7, 11) is 0. The Hall–Kier alpha value is -0.690. The smallest absolute Gasteiger partial charge is 0.0850 e. The molecule has 94 valence electrons. The van der Waals surface area contributed by atoms with Crippen LogP contribution in [0.5, 0.6) is 0 Å². The van der Waals surface area contributed by atoms with Gasteiger partial charge in [0.1, 0.15) is 0 Å². The van der Waals surface area contributed by atoms with Crippen LogP contribution in [0.15, 0.2) is 36.4 Å². The maximum Gasteiger partial charge on any atom is 0.0850 e. The van der Waals surface area contributed by atoms with Gasteiger partial charge in [0.2, 0.25) is 0 Å². The second-order valence-corrected chi connectivity index (χ2v) is 5.66. The lowest BCUT2D eigenvalue weighted by molar-refractivity contribution is 1.12. The maximum atomic E-state index is 6.49. The van der Waals surface area contributed by atoms with Gasteiger partial charge in [0.15, 0.2) is 0 Å². The number of aryl methyl sites for hydroxylation is 2. The molecule has 0 spiro atoms. The molecule has 0 saturated carbocycles. The molecule has 2 rings (SSSR count). The maximum absolute atomic E-state index is 6.49. The van der Waals surface area contributed by atoms with E-state index in [-0.39, 0.29) is 5.38 Å². The van der Waals surface area contributed by atoms with Gasteiger partial charge in [-0.05, 0) is 54.3 Å². The van der Waals surface area contributed by atoms with Crippen LogP contribution < -0.4 is 0 Å². The lowest BCUT2D eigenvalue weighted by Crippen LogP contribution is -1.96. The van der Waals surface area contributed by atoms with Crippen LogP contribution >= 0.6 is 34.8 Å². The number of hydrogen-bond acceptors (Lipinski definition) is 0. The Labute approximate surface area is 122 Å². The second-order valence-electron chi connectivity index (χ2n) is 4.38. The molecule has 0 heterocycles. The van der Waals surface area contributed by atoms with E-state index in [4.69, 9.17) is 34.8 Å². The van der Waals surface area contributed by atoms with Gasteiger partial charge in [-0.15, -0.1) is 11.6 Å². The highest BCUT2D eigenvalue weighted by Gasteiger charge is 2.15. The Kier molecular flexibility index (Phi) is 4.21. The zero-order chi connectivity index (χ0) is 13.3. The molecule has 0 fully saturated rings. The molecular weight excluding hydrogens is 287 g/mol. The van der Waals surface area contributed by atoms with E-state index in [1.807, 2.05) is 43.3 Å². The van der Waals surface area contributed by atoms with Crippen molar-refractivity contribution in [3.8, 4) is 0 Å². The fourth-order valence-corrected chi connectivity index (χ4v) is 2.74. The number of hydrogen-bond donors (Lipinski definition) is 0. The Balaban J connectivity index is 2.46. The molecule has 1 unspecified atom stereocenters. The van der Waals surface area contributed by atoms with E-state index >= 15 is 0 Å². The first-order valence-electron chi connectivity index (χ1n) is 5.65. The zero-order valence-electron chi connectivity index (χ0n) is 10.2. The zero-order valence-corrected chi connectivity index (χ0v) is 12.4. The predicted octanol–water partition coefficient (Wildman–Crippen LogP) is 5.94. The lowest BCUT2D eigenvalue weighted by Gasteiger charge is -2.14. The van der Waals surface area contributed by atoms with Crippen molar-refractivity contribution in [3.63, 3.8) is 0 Å². The van der Waals surface area contributed by atoms with Gasteiger partial charge in [0.05, 0.1) is 5.38 Å². The van der Waals surface area contributed by atoms with E-state index in [1.165, 1.54) is 11.1 Å². The molecule has 0 bridgehead atoms. The van der Waals surface area contributed by atoms with Gasteiger partial charge < -0.3 is 0 Å². The molecule has 0 amide bonds. The van der Waals surface area contributed by atoms with Gasteiger partial charge in [-0.2, -0.15) is 0 Å². The molecule has 0 aliphatic rings. The molecule has 0 nitrogen and oxygen atoms in total. The molecule has 1 atom stereocenters. The monoisotopic (exact) mass is 298 g/mol. The highest BCUT2D eigenvalue weighted by Crippen LogP contribution is 2.35. The molecule has 3 heteroatoms. The summed E-state index contributed by atoms with van der Waals surface area (Å²) in [6.07, 6.45) is 0. The van der Waals surface area contributed by atoms with Gasteiger partial charge >= 0.3 is 0 Å². The molecule has 0 aliphatic carbocycles. The van der Waals surface area contributed by atoms with Crippen LogP contribution in [0.1, 0.15) is 27.6 Å². The van der Waals surface area contributed by atoms with Gasteiger partial charge in [-0.1, -0.05) is 41.4 Å². The predicted molar refractivity (Wildman–Crippen MR) is 80.1 cm³/mol. The molecule has 0 radical (unpaired) electrons. The first-order chi connectivity index (χ1) is 8.49. The Morgan fingerprint density at radius 2 is 1.61 bits per heavy atom. The van der Waals surface area contributed by atoms with Crippen molar-refractivity contribution in [2.75, 3.05) is 0 Å². The Morgan fingerprint density at radius 1 is 0.944 bits per heavy atom. The third-order valence-corrected chi connectivity index (χ3v) is 4.08. The Bertz CT molecular complexity index is 576. The van der Waals surface area contributed by atoms with Gasteiger partial charge in [-0.25, -0.2) is 0 Å². The fourth-order valence-electron chi connectivity index (χ4n) is 1.84. The minimum absolute atomic E-state index is 0.282. The molecule has 0 aliphatic heterocycles. The van der Waals surface area contributed by atoms with E-state index < -0.39 is 0 Å². The standard InChI is InChI=1S/C15H13Cl3/c1-9-6-13(14(17)7-10(9)2)15(18)11-4-3-5-12(16)8-11/h3-8,15H,1-2H3. The van der Waals surface area contributed by atoms with E-state index in [9.17, 15) is 0 Å². The van der Waals surface area contributed by atoms with Crippen LogP contribution in [0.3, 0.4) is 0 Å². The summed E-state index contributed by atoms with van der Waals surface area (Å²) in [5.74, 6) is 0. The highest BCUT2D eigenvalue weighted by atomic mass is 35.5. The van der Waals surface area contributed by atoms with Crippen LogP contribution in [-0.4, -0.2) is 0 Å². The molecule has 18 heavy (non-hydrogen) atoms. The number of benzene rings is 2. The summed E-state index contributed by atoms with van der Waals surface area (Å²) in [6, 6.07) is 11.5. The van der Waals surface area contributed by atoms with Gasteiger partial charge in [0, 0.05) is 10.0 Å². The quantitative estimate of drug-likeness (QED) is 0.602. The third kappa shape index (κ3) is 2.83. The average molecular weight is 300 g/mol. The van der Waals surface area contributed by atoms with Crippen LogP contribution in [-0.2, 0) is 0 Å². The van der Waals surface area contributed by atoms with Crippen molar-refractivity contribution in [1.29, 1.82) is 0 Å². The molecular formula is C15H13Cl3. The summed E-state index contributed by atoms with van der Waals surface area (Å²) >= 11 is 18.7. The molecule has 2 aromatic carbocycles. The summed E-state index contributed by atoms with van der Waals surface area (Å²) in [6.45, 7) is 4.09. The van der Waals surface area contributed by atoms with Crippen molar-refractivity contribution in [3.05, 3.63) is 68.7 Å². The normalized spacial score (nSPS) is 12.5. The highest BCUT2D eigenvalue weighted by molar-refractivity contribution is 6.33. The van der Waals surface area contributed by atoms with Crippen molar-refractivity contribution in [1.82, 2.24) is 0 Å². The van der Waals surface area contributed by atoms with E-state index in [0.29, 0.717) is 10.0 Å².